The minimum Gasteiger partial charge on any atom is -0.225 e. The van der Waals surface area contributed by atoms with Crippen LogP contribution in [0.15, 0.2) is 36.4 Å². The van der Waals surface area contributed by atoms with Crippen LogP contribution < -0.4 is 0 Å². The van der Waals surface area contributed by atoms with Crippen LogP contribution in [0.4, 0.5) is 17.6 Å². The molecule has 6 heteroatoms. The van der Waals surface area contributed by atoms with Crippen LogP contribution in [0.2, 0.25) is 5.02 Å². The van der Waals surface area contributed by atoms with Crippen LogP contribution in [0.1, 0.15) is 71.2 Å². The van der Waals surface area contributed by atoms with Gasteiger partial charge in [0.2, 0.25) is 5.95 Å². The van der Waals surface area contributed by atoms with Crippen LogP contribution in [-0.4, -0.2) is 4.98 Å². The molecule has 0 fully saturated rings. The van der Waals surface area contributed by atoms with Crippen molar-refractivity contribution >= 4 is 11.6 Å². The van der Waals surface area contributed by atoms with Gasteiger partial charge in [-0.3, -0.25) is 0 Å². The summed E-state index contributed by atoms with van der Waals surface area (Å²) in [5.74, 6) is -0.105. The maximum absolute atomic E-state index is 12.4. The molecule has 0 saturated carbocycles. The van der Waals surface area contributed by atoms with Gasteiger partial charge in [-0.2, -0.15) is 17.6 Å². The first-order chi connectivity index (χ1) is 11.0. The van der Waals surface area contributed by atoms with Gasteiger partial charge in [-0.05, 0) is 47.7 Å². The van der Waals surface area contributed by atoms with Gasteiger partial charge in [0.25, 0.3) is 0 Å². The summed E-state index contributed by atoms with van der Waals surface area (Å²) in [4.78, 5) is 3.71. The van der Waals surface area contributed by atoms with Crippen molar-refractivity contribution in [3.8, 4) is 0 Å². The summed E-state index contributed by atoms with van der Waals surface area (Å²) >= 11 is 5.77. The Balaban J connectivity index is 0. The number of hydrogen-bond acceptors (Lipinski definition) is 1. The van der Waals surface area contributed by atoms with Gasteiger partial charge in [-0.1, -0.05) is 60.2 Å². The lowest BCUT2D eigenvalue weighted by atomic mass is 10.0. The van der Waals surface area contributed by atoms with E-state index in [0.717, 1.165) is 17.8 Å². The minimum absolute atomic E-state index is 0. The van der Waals surface area contributed by atoms with Gasteiger partial charge >= 0.3 is 6.18 Å². The van der Waals surface area contributed by atoms with Gasteiger partial charge in [0.05, 0.1) is 5.56 Å². The quantitative estimate of drug-likeness (QED) is 0.371. The van der Waals surface area contributed by atoms with Crippen molar-refractivity contribution in [2.75, 3.05) is 0 Å². The van der Waals surface area contributed by atoms with Gasteiger partial charge in [0, 0.05) is 10.7 Å². The van der Waals surface area contributed by atoms with Crippen molar-refractivity contribution in [1.82, 2.24) is 4.98 Å². The second-order valence-electron chi connectivity index (χ2n) is 5.93. The van der Waals surface area contributed by atoms with Crippen molar-refractivity contribution < 1.29 is 17.6 Å². The second kappa shape index (κ2) is 11.2. The highest BCUT2D eigenvalue weighted by atomic mass is 35.5. The first-order valence-corrected chi connectivity index (χ1v) is 7.89. The summed E-state index contributed by atoms with van der Waals surface area (Å²) in [6, 6.07) is 8.25. The Morgan fingerprint density at radius 3 is 1.88 bits per heavy atom. The normalized spacial score (nSPS) is 10.6. The van der Waals surface area contributed by atoms with Crippen LogP contribution in [0, 0.1) is 5.95 Å². The SMILES string of the molecule is C.C.CC(C)c1cc(C(F)(F)F)ccc1Cl.CC(C)c1cccc(F)n1. The number of nitrogens with zero attached hydrogens (tertiary/aromatic N) is 1. The van der Waals surface area contributed by atoms with Gasteiger partial charge in [-0.25, -0.2) is 4.98 Å². The molecule has 0 atom stereocenters. The van der Waals surface area contributed by atoms with Crippen LogP contribution in [0.25, 0.3) is 0 Å². The highest BCUT2D eigenvalue weighted by molar-refractivity contribution is 6.31. The fourth-order valence-electron chi connectivity index (χ4n) is 1.91. The molecule has 0 amide bonds. The van der Waals surface area contributed by atoms with Gasteiger partial charge < -0.3 is 0 Å². The zero-order valence-corrected chi connectivity index (χ0v) is 14.7. The smallest absolute Gasteiger partial charge is 0.225 e. The van der Waals surface area contributed by atoms with Gasteiger partial charge in [0.15, 0.2) is 0 Å². The first kappa shape index (κ1) is 26.6. The number of benzene rings is 1. The molecule has 1 aromatic carbocycles. The van der Waals surface area contributed by atoms with Crippen molar-refractivity contribution in [2.24, 2.45) is 0 Å². The maximum atomic E-state index is 12.4. The Hall–Kier alpha value is -1.62. The zero-order chi connectivity index (χ0) is 18.5. The van der Waals surface area contributed by atoms with Crippen molar-refractivity contribution in [3.63, 3.8) is 0 Å². The molecule has 0 radical (unpaired) electrons. The van der Waals surface area contributed by atoms with E-state index < -0.39 is 17.7 Å². The molecule has 2 aromatic rings. The summed E-state index contributed by atoms with van der Waals surface area (Å²) in [5, 5.41) is 0.382. The third kappa shape index (κ3) is 8.17. The molecule has 0 bridgehead atoms. The molecule has 0 aliphatic rings. The molecule has 1 aromatic heterocycles. The number of aromatic nitrogens is 1. The summed E-state index contributed by atoms with van der Waals surface area (Å²) < 4.78 is 49.4. The van der Waals surface area contributed by atoms with Gasteiger partial charge in [0.1, 0.15) is 0 Å². The third-order valence-electron chi connectivity index (χ3n) is 3.27. The molecule has 0 N–H and O–H groups in total. The fourth-order valence-corrected chi connectivity index (χ4v) is 2.24. The van der Waals surface area contributed by atoms with E-state index >= 15 is 0 Å². The topological polar surface area (TPSA) is 12.9 Å². The molecule has 148 valence electrons. The molecule has 1 heterocycles. The van der Waals surface area contributed by atoms with Crippen molar-refractivity contribution in [1.29, 1.82) is 0 Å². The highest BCUT2D eigenvalue weighted by Gasteiger charge is 2.31. The third-order valence-corrected chi connectivity index (χ3v) is 3.62. The van der Waals surface area contributed by atoms with E-state index in [1.165, 1.54) is 12.1 Å². The molecular formula is C20H28ClF4N. The molecule has 0 unspecified atom stereocenters. The number of halogens is 5. The molecule has 0 aliphatic heterocycles. The Bertz CT molecular complexity index is 667. The summed E-state index contributed by atoms with van der Waals surface area (Å²) in [5.41, 5.74) is 0.687. The molecule has 0 aliphatic carbocycles. The van der Waals surface area contributed by atoms with E-state index in [-0.39, 0.29) is 20.8 Å². The number of hydrogen-bond donors (Lipinski definition) is 0. The fraction of sp³-hybridized carbons (Fsp3) is 0.450. The van der Waals surface area contributed by atoms with E-state index in [4.69, 9.17) is 11.6 Å². The average Bonchev–Trinajstić information content (AvgIpc) is 2.46. The van der Waals surface area contributed by atoms with Crippen LogP contribution >= 0.6 is 11.6 Å². The molecule has 26 heavy (non-hydrogen) atoms. The Morgan fingerprint density at radius 1 is 0.923 bits per heavy atom. The number of pyridine rings is 1. The lowest BCUT2D eigenvalue weighted by Gasteiger charge is -2.12. The predicted molar refractivity (Wildman–Crippen MR) is 102 cm³/mol. The summed E-state index contributed by atoms with van der Waals surface area (Å²) in [6.45, 7) is 7.59. The van der Waals surface area contributed by atoms with Crippen LogP contribution in [0.3, 0.4) is 0 Å². The van der Waals surface area contributed by atoms with Gasteiger partial charge in [-0.15, -0.1) is 0 Å². The Morgan fingerprint density at radius 2 is 1.50 bits per heavy atom. The molecular weight excluding hydrogens is 366 g/mol. The average molecular weight is 394 g/mol. The lowest BCUT2D eigenvalue weighted by molar-refractivity contribution is -0.137. The van der Waals surface area contributed by atoms with E-state index in [1.807, 2.05) is 19.9 Å². The van der Waals surface area contributed by atoms with Crippen molar-refractivity contribution in [3.05, 3.63) is 64.2 Å². The van der Waals surface area contributed by atoms with E-state index in [2.05, 4.69) is 4.98 Å². The monoisotopic (exact) mass is 393 g/mol. The van der Waals surface area contributed by atoms with E-state index in [9.17, 15) is 17.6 Å². The largest absolute Gasteiger partial charge is 0.416 e. The molecule has 0 spiro atoms. The minimum atomic E-state index is -4.30. The second-order valence-corrected chi connectivity index (χ2v) is 6.34. The van der Waals surface area contributed by atoms with E-state index in [0.29, 0.717) is 16.5 Å². The molecule has 0 saturated heterocycles. The number of rotatable bonds is 2. The molecule has 2 rings (SSSR count). The lowest BCUT2D eigenvalue weighted by Crippen LogP contribution is -2.06. The van der Waals surface area contributed by atoms with E-state index in [1.54, 1.807) is 19.9 Å². The number of alkyl halides is 3. The van der Waals surface area contributed by atoms with Crippen LogP contribution in [-0.2, 0) is 6.18 Å². The predicted octanol–water partition coefficient (Wildman–Crippen LogP) is 8.10. The highest BCUT2D eigenvalue weighted by Crippen LogP contribution is 2.33. The standard InChI is InChI=1S/C10H10ClF3.C8H10FN.2CH4/c1-6(2)8-5-7(10(12,13)14)3-4-9(8)11;1-6(2)7-4-3-5-8(9)10-7;;/h3-6H,1-2H3;3-6H,1-2H3;2*1H4. The van der Waals surface area contributed by atoms with Crippen molar-refractivity contribution in [2.45, 2.75) is 60.6 Å². The Labute approximate surface area is 159 Å². The zero-order valence-electron chi connectivity index (χ0n) is 14.0. The molecule has 1 nitrogen and oxygen atoms in total. The summed E-state index contributed by atoms with van der Waals surface area (Å²) in [7, 11) is 0. The first-order valence-electron chi connectivity index (χ1n) is 7.51. The van der Waals surface area contributed by atoms with Crippen LogP contribution in [0.5, 0.6) is 0 Å². The summed E-state index contributed by atoms with van der Waals surface area (Å²) in [6.07, 6.45) is -4.30. The maximum Gasteiger partial charge on any atom is 0.416 e. The Kier molecular flexibility index (Phi) is 11.4.